The molecule has 5 heteroatoms. The maximum Gasteiger partial charge on any atom is 0.249 e. The zero-order valence-corrected chi connectivity index (χ0v) is 9.73. The summed E-state index contributed by atoms with van der Waals surface area (Å²) in [5.74, 6) is -3.69. The molecule has 15 heavy (non-hydrogen) atoms. The van der Waals surface area contributed by atoms with E-state index in [0.717, 1.165) is 6.92 Å². The second-order valence-corrected chi connectivity index (χ2v) is 4.85. The van der Waals surface area contributed by atoms with Gasteiger partial charge in [0.05, 0.1) is 0 Å². The van der Waals surface area contributed by atoms with E-state index in [1.807, 2.05) is 0 Å². The van der Waals surface area contributed by atoms with Gasteiger partial charge >= 0.3 is 0 Å². The molecule has 1 rings (SSSR count). The van der Waals surface area contributed by atoms with E-state index in [1.165, 1.54) is 4.90 Å². The van der Waals surface area contributed by atoms with Gasteiger partial charge in [-0.3, -0.25) is 4.79 Å². The average molecular weight is 240 g/mol. The van der Waals surface area contributed by atoms with E-state index in [9.17, 15) is 13.6 Å². The van der Waals surface area contributed by atoms with E-state index in [1.54, 1.807) is 6.92 Å². The van der Waals surface area contributed by atoms with Crippen molar-refractivity contribution in [2.24, 2.45) is 5.92 Å². The van der Waals surface area contributed by atoms with Crippen LogP contribution in [-0.4, -0.2) is 35.2 Å². The minimum atomic E-state index is -2.71. The summed E-state index contributed by atoms with van der Waals surface area (Å²) in [5.41, 5.74) is 0. The van der Waals surface area contributed by atoms with Gasteiger partial charge in [-0.15, -0.1) is 11.6 Å². The Morgan fingerprint density at radius 1 is 1.60 bits per heavy atom. The number of piperidine rings is 1. The van der Waals surface area contributed by atoms with Crippen LogP contribution in [0.15, 0.2) is 0 Å². The van der Waals surface area contributed by atoms with E-state index in [0.29, 0.717) is 19.4 Å². The largest absolute Gasteiger partial charge is 0.341 e. The molecule has 1 aliphatic rings. The number of alkyl halides is 3. The predicted octanol–water partition coefficient (Wildman–Crippen LogP) is 2.51. The number of nitrogens with zero attached hydrogens (tertiary/aromatic N) is 1. The van der Waals surface area contributed by atoms with Crippen molar-refractivity contribution in [3.63, 3.8) is 0 Å². The van der Waals surface area contributed by atoms with Gasteiger partial charge in [-0.05, 0) is 26.7 Å². The highest BCUT2D eigenvalue weighted by molar-refractivity contribution is 6.30. The number of hydrogen-bond acceptors (Lipinski definition) is 1. The molecule has 0 N–H and O–H groups in total. The van der Waals surface area contributed by atoms with Gasteiger partial charge in [0.1, 0.15) is 5.38 Å². The summed E-state index contributed by atoms with van der Waals surface area (Å²) in [5, 5.41) is -0.630. The van der Waals surface area contributed by atoms with Crippen LogP contribution in [-0.2, 0) is 4.79 Å². The van der Waals surface area contributed by atoms with Crippen LogP contribution in [0, 0.1) is 5.92 Å². The molecule has 88 valence electrons. The molecule has 1 fully saturated rings. The molecule has 0 radical (unpaired) electrons. The molecular formula is C10H16ClF2NO. The van der Waals surface area contributed by atoms with Gasteiger partial charge in [0.25, 0.3) is 0 Å². The molecule has 1 amide bonds. The molecule has 0 aliphatic carbocycles. The molecule has 2 nitrogen and oxygen atoms in total. The van der Waals surface area contributed by atoms with Crippen molar-refractivity contribution in [3.05, 3.63) is 0 Å². The molecule has 0 aromatic heterocycles. The lowest BCUT2D eigenvalue weighted by Gasteiger charge is -2.36. The maximum atomic E-state index is 13.1. The smallest absolute Gasteiger partial charge is 0.249 e. The Morgan fingerprint density at radius 3 is 2.67 bits per heavy atom. The van der Waals surface area contributed by atoms with Crippen LogP contribution in [0.5, 0.6) is 0 Å². The molecule has 2 atom stereocenters. The van der Waals surface area contributed by atoms with Crippen molar-refractivity contribution < 1.29 is 13.6 Å². The van der Waals surface area contributed by atoms with Crippen molar-refractivity contribution >= 4 is 17.5 Å². The lowest BCUT2D eigenvalue weighted by Crippen LogP contribution is -2.46. The molecule has 0 spiro atoms. The summed E-state index contributed by atoms with van der Waals surface area (Å²) in [6.45, 7) is 3.15. The first kappa shape index (κ1) is 12.7. The first-order chi connectivity index (χ1) is 6.82. The number of carbonyl (C=O) groups excluding carboxylic acids is 1. The molecule has 0 unspecified atom stereocenters. The van der Waals surface area contributed by atoms with Gasteiger partial charge in [-0.25, -0.2) is 8.78 Å². The number of likely N-dealkylation sites (tertiary alicyclic amines) is 1. The third-order valence-electron chi connectivity index (χ3n) is 2.79. The lowest BCUT2D eigenvalue weighted by molar-refractivity contribution is -0.136. The normalized spacial score (nSPS) is 25.1. The second kappa shape index (κ2) is 4.64. The van der Waals surface area contributed by atoms with E-state index in [4.69, 9.17) is 11.6 Å². The Morgan fingerprint density at radius 2 is 2.20 bits per heavy atom. The molecule has 0 aromatic carbocycles. The predicted molar refractivity (Wildman–Crippen MR) is 55.2 cm³/mol. The molecule has 0 aromatic rings. The van der Waals surface area contributed by atoms with E-state index in [2.05, 4.69) is 0 Å². The first-order valence-corrected chi connectivity index (χ1v) is 5.56. The zero-order valence-electron chi connectivity index (χ0n) is 8.97. The van der Waals surface area contributed by atoms with Gasteiger partial charge in [-0.2, -0.15) is 0 Å². The van der Waals surface area contributed by atoms with Crippen LogP contribution in [0.3, 0.4) is 0 Å². The third-order valence-corrected chi connectivity index (χ3v) is 2.98. The fourth-order valence-corrected chi connectivity index (χ4v) is 1.98. The topological polar surface area (TPSA) is 20.3 Å². The number of halogens is 3. The van der Waals surface area contributed by atoms with Crippen LogP contribution in [0.4, 0.5) is 8.78 Å². The van der Waals surface area contributed by atoms with Gasteiger partial charge in [0, 0.05) is 19.0 Å². The number of rotatable bonds is 2. The average Bonchev–Trinajstić information content (AvgIpc) is 2.15. The monoisotopic (exact) mass is 239 g/mol. The number of carbonyl (C=O) groups is 1. The van der Waals surface area contributed by atoms with Crippen LogP contribution < -0.4 is 0 Å². The molecule has 1 saturated heterocycles. The van der Waals surface area contributed by atoms with Gasteiger partial charge in [-0.1, -0.05) is 0 Å². The Kier molecular flexibility index (Phi) is 3.93. The summed E-state index contributed by atoms with van der Waals surface area (Å²) in [4.78, 5) is 13.0. The lowest BCUT2D eigenvalue weighted by atomic mass is 9.92. The molecule has 1 aliphatic heterocycles. The fraction of sp³-hybridized carbons (Fsp3) is 0.900. The van der Waals surface area contributed by atoms with Crippen LogP contribution >= 0.6 is 11.6 Å². The fourth-order valence-electron chi connectivity index (χ4n) is 1.84. The number of amides is 1. The van der Waals surface area contributed by atoms with E-state index < -0.39 is 17.2 Å². The van der Waals surface area contributed by atoms with Crippen LogP contribution in [0.1, 0.15) is 26.7 Å². The summed E-state index contributed by atoms with van der Waals surface area (Å²) in [7, 11) is 0. The van der Waals surface area contributed by atoms with Gasteiger partial charge < -0.3 is 4.90 Å². The highest BCUT2D eigenvalue weighted by Crippen LogP contribution is 2.31. The Hall–Kier alpha value is -0.380. The zero-order chi connectivity index (χ0) is 11.6. The Bertz CT molecular complexity index is 240. The minimum Gasteiger partial charge on any atom is -0.341 e. The van der Waals surface area contributed by atoms with Crippen molar-refractivity contribution in [2.75, 3.05) is 13.1 Å². The Balaban J connectivity index is 2.60. The summed E-state index contributed by atoms with van der Waals surface area (Å²) in [6.07, 6.45) is 1.10. The molecule has 1 heterocycles. The summed E-state index contributed by atoms with van der Waals surface area (Å²) >= 11 is 5.64. The summed E-state index contributed by atoms with van der Waals surface area (Å²) < 4.78 is 26.1. The standard InChI is InChI=1S/C10H16ClF2NO/c1-7(11)9(15)14-5-3-4-8(6-14)10(2,12)13/h7-8H,3-6H2,1-2H3/t7-,8-/m0/s1. The minimum absolute atomic E-state index is 0.124. The third kappa shape index (κ3) is 3.30. The van der Waals surface area contributed by atoms with Crippen molar-refractivity contribution in [3.8, 4) is 0 Å². The maximum absolute atomic E-state index is 13.1. The van der Waals surface area contributed by atoms with Crippen molar-refractivity contribution in [1.29, 1.82) is 0 Å². The van der Waals surface area contributed by atoms with Crippen LogP contribution in [0.2, 0.25) is 0 Å². The molecular weight excluding hydrogens is 224 g/mol. The van der Waals surface area contributed by atoms with E-state index >= 15 is 0 Å². The van der Waals surface area contributed by atoms with Gasteiger partial charge in [0.2, 0.25) is 11.8 Å². The Labute approximate surface area is 93.6 Å². The summed E-state index contributed by atoms with van der Waals surface area (Å²) in [6, 6.07) is 0. The SMILES string of the molecule is C[C@H](Cl)C(=O)N1CCC[C@H](C(C)(F)F)C1. The molecule has 0 saturated carbocycles. The first-order valence-electron chi connectivity index (χ1n) is 5.13. The quantitative estimate of drug-likeness (QED) is 0.678. The second-order valence-electron chi connectivity index (χ2n) is 4.20. The highest BCUT2D eigenvalue weighted by Gasteiger charge is 2.38. The van der Waals surface area contributed by atoms with Crippen LogP contribution in [0.25, 0.3) is 0 Å². The highest BCUT2D eigenvalue weighted by atomic mass is 35.5. The van der Waals surface area contributed by atoms with E-state index in [-0.39, 0.29) is 12.5 Å². The van der Waals surface area contributed by atoms with Crippen molar-refractivity contribution in [1.82, 2.24) is 4.90 Å². The van der Waals surface area contributed by atoms with Gasteiger partial charge in [0.15, 0.2) is 0 Å². The van der Waals surface area contributed by atoms with Crippen molar-refractivity contribution in [2.45, 2.75) is 38.0 Å². The molecule has 0 bridgehead atoms. The number of hydrogen-bond donors (Lipinski definition) is 0.